The van der Waals surface area contributed by atoms with E-state index in [9.17, 15) is 0 Å². The molecule has 0 saturated heterocycles. The zero-order chi connectivity index (χ0) is 12.3. The minimum Gasteiger partial charge on any atom is -0.496 e. The summed E-state index contributed by atoms with van der Waals surface area (Å²) in [7, 11) is 1.70. The molecule has 0 amide bonds. The third-order valence-electron chi connectivity index (χ3n) is 2.82. The van der Waals surface area contributed by atoms with Gasteiger partial charge in [-0.15, -0.1) is 11.3 Å². The van der Waals surface area contributed by atoms with Gasteiger partial charge in [0.25, 0.3) is 0 Å². The molecule has 1 N–H and O–H groups in total. The molecular formula is C14H17NOS. The molecule has 0 spiro atoms. The van der Waals surface area contributed by atoms with Crippen LogP contribution in [0.3, 0.4) is 0 Å². The highest BCUT2D eigenvalue weighted by Gasteiger charge is 2.02. The zero-order valence-electron chi connectivity index (χ0n) is 10.4. The smallest absolute Gasteiger partial charge is 0.121 e. The fourth-order valence-electron chi connectivity index (χ4n) is 1.76. The summed E-state index contributed by atoms with van der Waals surface area (Å²) in [6.45, 7) is 5.09. The molecule has 2 aromatic rings. The number of hydrogen-bond acceptors (Lipinski definition) is 3. The minimum absolute atomic E-state index is 0.884. The molecule has 90 valence electrons. The van der Waals surface area contributed by atoms with Gasteiger partial charge in [0, 0.05) is 17.1 Å². The van der Waals surface area contributed by atoms with Crippen LogP contribution in [0.25, 0.3) is 0 Å². The molecule has 0 aliphatic rings. The fraction of sp³-hybridized carbons (Fsp3) is 0.286. The first-order valence-corrected chi connectivity index (χ1v) is 6.50. The van der Waals surface area contributed by atoms with E-state index in [4.69, 9.17) is 4.74 Å². The number of ether oxygens (including phenoxy) is 1. The highest BCUT2D eigenvalue weighted by Crippen LogP contribution is 2.23. The number of hydrogen-bond donors (Lipinski definition) is 1. The molecule has 17 heavy (non-hydrogen) atoms. The molecule has 2 nitrogen and oxygen atoms in total. The van der Waals surface area contributed by atoms with Crippen molar-refractivity contribution >= 4 is 17.0 Å². The van der Waals surface area contributed by atoms with Gasteiger partial charge in [-0.25, -0.2) is 0 Å². The topological polar surface area (TPSA) is 21.3 Å². The van der Waals surface area contributed by atoms with Crippen LogP contribution in [0.5, 0.6) is 5.75 Å². The van der Waals surface area contributed by atoms with Crippen LogP contribution in [-0.4, -0.2) is 7.11 Å². The maximum Gasteiger partial charge on any atom is 0.121 e. The Labute approximate surface area is 106 Å². The van der Waals surface area contributed by atoms with E-state index in [0.717, 1.165) is 23.5 Å². The largest absolute Gasteiger partial charge is 0.496 e. The van der Waals surface area contributed by atoms with Gasteiger partial charge >= 0.3 is 0 Å². The second kappa shape index (κ2) is 5.23. The van der Waals surface area contributed by atoms with Gasteiger partial charge in [0.2, 0.25) is 0 Å². The third kappa shape index (κ3) is 2.80. The quantitative estimate of drug-likeness (QED) is 0.882. The number of rotatable bonds is 4. The molecule has 1 aromatic carbocycles. The second-order valence-corrected chi connectivity index (χ2v) is 5.07. The average Bonchev–Trinajstić information content (AvgIpc) is 2.72. The summed E-state index contributed by atoms with van der Waals surface area (Å²) >= 11 is 1.79. The SMILES string of the molecule is COc1ccc(NCc2sccc2C)cc1C. The minimum atomic E-state index is 0.884. The molecule has 0 aliphatic heterocycles. The van der Waals surface area contributed by atoms with E-state index in [1.54, 1.807) is 18.4 Å². The first-order valence-electron chi connectivity index (χ1n) is 5.62. The van der Waals surface area contributed by atoms with Gasteiger partial charge in [0.1, 0.15) is 5.75 Å². The zero-order valence-corrected chi connectivity index (χ0v) is 11.2. The van der Waals surface area contributed by atoms with E-state index in [0.29, 0.717) is 0 Å². The predicted molar refractivity (Wildman–Crippen MR) is 74.1 cm³/mol. The van der Waals surface area contributed by atoms with Crippen molar-refractivity contribution in [3.63, 3.8) is 0 Å². The van der Waals surface area contributed by atoms with Gasteiger partial charge < -0.3 is 10.1 Å². The van der Waals surface area contributed by atoms with Crippen molar-refractivity contribution < 1.29 is 4.74 Å². The Morgan fingerprint density at radius 3 is 2.59 bits per heavy atom. The van der Waals surface area contributed by atoms with Crippen LogP contribution in [-0.2, 0) is 6.54 Å². The monoisotopic (exact) mass is 247 g/mol. The van der Waals surface area contributed by atoms with E-state index < -0.39 is 0 Å². The van der Waals surface area contributed by atoms with Crippen molar-refractivity contribution in [2.75, 3.05) is 12.4 Å². The number of methoxy groups -OCH3 is 1. The molecule has 0 bridgehead atoms. The molecule has 0 radical (unpaired) electrons. The van der Waals surface area contributed by atoms with Crippen LogP contribution in [0.1, 0.15) is 16.0 Å². The molecule has 2 rings (SSSR count). The van der Waals surface area contributed by atoms with Crippen LogP contribution in [0.4, 0.5) is 5.69 Å². The Balaban J connectivity index is 2.05. The van der Waals surface area contributed by atoms with Crippen molar-refractivity contribution in [1.82, 2.24) is 0 Å². The average molecular weight is 247 g/mol. The lowest BCUT2D eigenvalue weighted by atomic mass is 10.2. The first-order chi connectivity index (χ1) is 8.20. The maximum atomic E-state index is 5.24. The molecule has 1 aromatic heterocycles. The maximum absolute atomic E-state index is 5.24. The summed E-state index contributed by atoms with van der Waals surface area (Å²) in [5.74, 6) is 0.933. The van der Waals surface area contributed by atoms with Gasteiger partial charge in [0.15, 0.2) is 0 Å². The Morgan fingerprint density at radius 1 is 1.18 bits per heavy atom. The molecule has 1 heterocycles. The van der Waals surface area contributed by atoms with Gasteiger partial charge in [0.05, 0.1) is 7.11 Å². The first kappa shape index (κ1) is 12.0. The highest BCUT2D eigenvalue weighted by molar-refractivity contribution is 7.10. The summed E-state index contributed by atoms with van der Waals surface area (Å²) in [5, 5.41) is 5.57. The summed E-state index contributed by atoms with van der Waals surface area (Å²) < 4.78 is 5.24. The number of benzene rings is 1. The van der Waals surface area contributed by atoms with Crippen LogP contribution in [0.15, 0.2) is 29.6 Å². The normalized spacial score (nSPS) is 10.3. The molecule has 0 unspecified atom stereocenters. The Hall–Kier alpha value is -1.48. The van der Waals surface area contributed by atoms with Crippen LogP contribution >= 0.6 is 11.3 Å². The number of thiophene rings is 1. The lowest BCUT2D eigenvalue weighted by Crippen LogP contribution is -1.99. The van der Waals surface area contributed by atoms with E-state index in [1.807, 2.05) is 6.07 Å². The molecular weight excluding hydrogens is 230 g/mol. The summed E-state index contributed by atoms with van der Waals surface area (Å²) in [6, 6.07) is 8.32. The van der Waals surface area contributed by atoms with Crippen molar-refractivity contribution in [3.8, 4) is 5.75 Å². The molecule has 3 heteroatoms. The summed E-state index contributed by atoms with van der Waals surface area (Å²) in [5.41, 5.74) is 3.64. The number of nitrogens with one attached hydrogen (secondary N) is 1. The van der Waals surface area contributed by atoms with Crippen molar-refractivity contribution in [2.45, 2.75) is 20.4 Å². The van der Waals surface area contributed by atoms with Gasteiger partial charge in [-0.1, -0.05) is 0 Å². The molecule has 0 aliphatic carbocycles. The Kier molecular flexibility index (Phi) is 3.69. The lowest BCUT2D eigenvalue weighted by Gasteiger charge is -2.09. The Morgan fingerprint density at radius 2 is 2.00 bits per heavy atom. The molecule has 0 fully saturated rings. The van der Waals surface area contributed by atoms with Crippen LogP contribution in [0, 0.1) is 13.8 Å². The number of aryl methyl sites for hydroxylation is 2. The second-order valence-electron chi connectivity index (χ2n) is 4.06. The fourth-order valence-corrected chi connectivity index (χ4v) is 2.60. The van der Waals surface area contributed by atoms with E-state index in [1.165, 1.54) is 10.4 Å². The summed E-state index contributed by atoms with van der Waals surface area (Å²) in [6.07, 6.45) is 0. The summed E-state index contributed by atoms with van der Waals surface area (Å²) in [4.78, 5) is 1.39. The molecule has 0 atom stereocenters. The number of anilines is 1. The van der Waals surface area contributed by atoms with Crippen LogP contribution in [0.2, 0.25) is 0 Å². The predicted octanol–water partition coefficient (Wildman–Crippen LogP) is 3.99. The molecule has 0 saturated carbocycles. The van der Waals surface area contributed by atoms with E-state index >= 15 is 0 Å². The van der Waals surface area contributed by atoms with Crippen molar-refractivity contribution in [3.05, 3.63) is 45.6 Å². The van der Waals surface area contributed by atoms with Crippen molar-refractivity contribution in [1.29, 1.82) is 0 Å². The van der Waals surface area contributed by atoms with Gasteiger partial charge in [-0.2, -0.15) is 0 Å². The van der Waals surface area contributed by atoms with E-state index in [2.05, 4.69) is 42.7 Å². The highest BCUT2D eigenvalue weighted by atomic mass is 32.1. The van der Waals surface area contributed by atoms with Gasteiger partial charge in [-0.3, -0.25) is 0 Å². The third-order valence-corrected chi connectivity index (χ3v) is 3.84. The standard InChI is InChI=1S/C14H17NOS/c1-10-6-7-17-14(10)9-15-12-4-5-13(16-3)11(2)8-12/h4-8,15H,9H2,1-3H3. The lowest BCUT2D eigenvalue weighted by molar-refractivity contribution is 0.412. The van der Waals surface area contributed by atoms with Crippen molar-refractivity contribution in [2.24, 2.45) is 0 Å². The van der Waals surface area contributed by atoms with E-state index in [-0.39, 0.29) is 0 Å². The Bertz CT molecular complexity index is 505. The van der Waals surface area contributed by atoms with Crippen LogP contribution < -0.4 is 10.1 Å². The van der Waals surface area contributed by atoms with Gasteiger partial charge in [-0.05, 0) is 54.6 Å².